The van der Waals surface area contributed by atoms with E-state index in [1.165, 1.54) is 17.7 Å². The lowest BCUT2D eigenvalue weighted by molar-refractivity contribution is -0.151. The number of ether oxygens (including phenoxy) is 2. The van der Waals surface area contributed by atoms with E-state index in [0.29, 0.717) is 77.4 Å². The maximum Gasteiger partial charge on any atom is 0.319 e. The third-order valence-electron chi connectivity index (χ3n) is 16.3. The molecule has 1 saturated carbocycles. The summed E-state index contributed by atoms with van der Waals surface area (Å²) >= 11 is 0. The molecular formula is C53H59F2N9O5. The van der Waals surface area contributed by atoms with Crippen LogP contribution in [0.3, 0.4) is 0 Å². The van der Waals surface area contributed by atoms with Crippen LogP contribution in [0.5, 0.6) is 11.8 Å². The molecule has 2 N–H and O–H groups in total. The summed E-state index contributed by atoms with van der Waals surface area (Å²) in [5.41, 5.74) is 3.64. The molecule has 69 heavy (non-hydrogen) atoms. The number of benzene rings is 3. The van der Waals surface area contributed by atoms with E-state index in [9.17, 15) is 14.7 Å². The number of piperidine rings is 3. The lowest BCUT2D eigenvalue weighted by Gasteiger charge is -2.48. The summed E-state index contributed by atoms with van der Waals surface area (Å²) in [6.45, 7) is 10.6. The highest BCUT2D eigenvalue weighted by Gasteiger charge is 2.48. The van der Waals surface area contributed by atoms with E-state index in [1.54, 1.807) is 18.3 Å². The fourth-order valence-electron chi connectivity index (χ4n) is 12.3. The number of carbonyl (C=O) groups excluding carboxylic acids is 2. The molecule has 360 valence electrons. The number of imide groups is 1. The largest absolute Gasteiger partial charge is 0.508 e. The molecule has 5 aliphatic heterocycles. The van der Waals surface area contributed by atoms with Gasteiger partial charge in [0.05, 0.1) is 41.3 Å². The van der Waals surface area contributed by atoms with Gasteiger partial charge in [0.2, 0.25) is 11.8 Å². The first-order chi connectivity index (χ1) is 33.4. The number of hydrogen-bond donors (Lipinski definition) is 2. The summed E-state index contributed by atoms with van der Waals surface area (Å²) in [6, 6.07) is 12.7. The molecule has 0 bridgehead atoms. The molecule has 2 atom stereocenters. The second-order valence-electron chi connectivity index (χ2n) is 21.0. The molecule has 3 aromatic carbocycles. The van der Waals surface area contributed by atoms with Gasteiger partial charge in [-0.1, -0.05) is 25.1 Å². The van der Waals surface area contributed by atoms with Gasteiger partial charge in [-0.3, -0.25) is 24.6 Å². The molecule has 6 fully saturated rings. The molecule has 2 amide bonds. The normalized spacial score (nSPS) is 23.5. The van der Waals surface area contributed by atoms with E-state index < -0.39 is 17.6 Å². The first-order valence-corrected chi connectivity index (χ1v) is 25.0. The summed E-state index contributed by atoms with van der Waals surface area (Å²) in [4.78, 5) is 46.1. The van der Waals surface area contributed by atoms with Crippen molar-refractivity contribution in [3.63, 3.8) is 0 Å². The second kappa shape index (κ2) is 17.2. The van der Waals surface area contributed by atoms with Crippen LogP contribution in [0.15, 0.2) is 48.7 Å². The van der Waals surface area contributed by atoms with Crippen molar-refractivity contribution in [1.29, 1.82) is 0 Å². The van der Waals surface area contributed by atoms with Crippen molar-refractivity contribution in [2.45, 2.75) is 88.6 Å². The van der Waals surface area contributed by atoms with Crippen LogP contribution < -0.4 is 15.0 Å². The van der Waals surface area contributed by atoms with Gasteiger partial charge in [-0.25, -0.2) is 8.78 Å². The number of phenols is 1. The Morgan fingerprint density at radius 2 is 1.78 bits per heavy atom. The lowest BCUT2D eigenvalue weighted by Crippen LogP contribution is -2.56. The fourth-order valence-corrected chi connectivity index (χ4v) is 12.3. The first kappa shape index (κ1) is 44.4. The van der Waals surface area contributed by atoms with Crippen molar-refractivity contribution in [3.8, 4) is 23.0 Å². The highest BCUT2D eigenvalue weighted by molar-refractivity contribution is 6.03. The molecule has 3 aromatic heterocycles. The minimum absolute atomic E-state index is 0.0155. The van der Waals surface area contributed by atoms with Crippen LogP contribution in [0, 0.1) is 23.0 Å². The van der Waals surface area contributed by atoms with Crippen molar-refractivity contribution in [1.82, 2.24) is 39.8 Å². The number of amides is 2. The van der Waals surface area contributed by atoms with Gasteiger partial charge in [-0.15, -0.1) is 0 Å². The van der Waals surface area contributed by atoms with Gasteiger partial charge in [-0.2, -0.15) is 15.1 Å². The van der Waals surface area contributed by atoms with E-state index in [2.05, 4.69) is 43.2 Å². The Morgan fingerprint density at radius 3 is 2.54 bits per heavy atom. The number of aromatic nitrogens is 5. The Labute approximate surface area is 399 Å². The minimum atomic E-state index is -0.670. The Kier molecular flexibility index (Phi) is 11.1. The van der Waals surface area contributed by atoms with Crippen LogP contribution in [0.4, 0.5) is 14.6 Å². The van der Waals surface area contributed by atoms with E-state index in [-0.39, 0.29) is 45.8 Å². The monoisotopic (exact) mass is 939 g/mol. The second-order valence-corrected chi connectivity index (χ2v) is 21.0. The number of carbonyl (C=O) groups is 2. The zero-order chi connectivity index (χ0) is 47.2. The van der Waals surface area contributed by atoms with Crippen molar-refractivity contribution in [2.24, 2.45) is 18.4 Å². The number of aryl methyl sites for hydroxylation is 2. The maximum atomic E-state index is 17.2. The number of nitrogens with one attached hydrogen (secondary N) is 1. The average Bonchev–Trinajstić information content (AvgIpc) is 4.03. The number of nitrogens with zero attached hydrogens (tertiary/aromatic N) is 8. The highest BCUT2D eigenvalue weighted by atomic mass is 19.1. The van der Waals surface area contributed by atoms with Crippen LogP contribution in [0.1, 0.15) is 93.4 Å². The van der Waals surface area contributed by atoms with Crippen LogP contribution in [0.25, 0.3) is 43.8 Å². The fraction of sp³-hybridized carbons (Fsp3) is 0.509. The summed E-state index contributed by atoms with van der Waals surface area (Å²) in [5, 5.41) is 20.5. The van der Waals surface area contributed by atoms with Crippen LogP contribution >= 0.6 is 0 Å². The number of rotatable bonds is 12. The molecule has 2 unspecified atom stereocenters. The smallest absolute Gasteiger partial charge is 0.319 e. The Bertz CT molecular complexity index is 3030. The number of hydrogen-bond acceptors (Lipinski definition) is 12. The Balaban J connectivity index is 0.705. The summed E-state index contributed by atoms with van der Waals surface area (Å²) in [7, 11) is 1.93. The number of anilines is 1. The predicted octanol–water partition coefficient (Wildman–Crippen LogP) is 7.53. The third-order valence-corrected chi connectivity index (χ3v) is 16.3. The van der Waals surface area contributed by atoms with Gasteiger partial charge in [0.25, 0.3) is 0 Å². The van der Waals surface area contributed by atoms with E-state index in [0.717, 1.165) is 114 Å². The van der Waals surface area contributed by atoms with Gasteiger partial charge in [0, 0.05) is 81.7 Å². The van der Waals surface area contributed by atoms with Crippen LogP contribution in [-0.4, -0.2) is 123 Å². The van der Waals surface area contributed by atoms with E-state index in [1.807, 2.05) is 18.7 Å². The zero-order valence-corrected chi connectivity index (χ0v) is 39.4. The molecule has 12 rings (SSSR count). The van der Waals surface area contributed by atoms with E-state index in [4.69, 9.17) is 24.5 Å². The van der Waals surface area contributed by atoms with Gasteiger partial charge in [0.15, 0.2) is 5.82 Å². The standard InChI is InChI=1S/C53H59F2N9O5/c1-3-36-41(54)9-6-34-21-35(65)23-39(44(34)36)47-45(55)48-40(24-56-47)49(64-17-4-13-53(29-64)16-20-69-53)59-51(58-48)68-30-52(14-15-52)28-63-26-31(27-63)25-62-18-11-32(12-19-62)33-5-7-37-42(22-33)61(2)60-46(37)38-8-10-43(66)57-50(38)67/h5-7,9,21-24,31-32,38,65H,3-4,8,10-20,25-30H2,1-2H3,(H,57,66,67). The predicted molar refractivity (Wildman–Crippen MR) is 257 cm³/mol. The quantitative estimate of drug-likeness (QED) is 0.117. The molecule has 6 aromatic rings. The average molecular weight is 940 g/mol. The zero-order valence-electron chi connectivity index (χ0n) is 39.4. The number of aromatic hydroxyl groups is 1. The molecule has 8 heterocycles. The Hall–Kier alpha value is -5.84. The molecule has 0 radical (unpaired) electrons. The number of phenolic OH excluding ortho intramolecular Hbond substituents is 1. The minimum Gasteiger partial charge on any atom is -0.508 e. The third kappa shape index (κ3) is 8.15. The first-order valence-electron chi connectivity index (χ1n) is 25.0. The van der Waals surface area contributed by atoms with Crippen molar-refractivity contribution >= 4 is 50.2 Å². The van der Waals surface area contributed by atoms with Crippen molar-refractivity contribution in [3.05, 3.63) is 77.1 Å². The molecule has 6 aliphatic rings. The van der Waals surface area contributed by atoms with Crippen molar-refractivity contribution in [2.75, 3.05) is 70.5 Å². The summed E-state index contributed by atoms with van der Waals surface area (Å²) in [5.74, 6) is -0.352. The van der Waals surface area contributed by atoms with Gasteiger partial charge in [-0.05, 0) is 122 Å². The maximum absolute atomic E-state index is 17.2. The topological polar surface area (TPSA) is 151 Å². The molecule has 16 heteroatoms. The molecule has 14 nitrogen and oxygen atoms in total. The number of halogens is 2. The highest BCUT2D eigenvalue weighted by Crippen LogP contribution is 2.48. The number of fused-ring (bicyclic) bond motifs is 3. The van der Waals surface area contributed by atoms with E-state index >= 15 is 8.78 Å². The summed E-state index contributed by atoms with van der Waals surface area (Å²) < 4.78 is 46.9. The van der Waals surface area contributed by atoms with Gasteiger partial charge in [0.1, 0.15) is 28.6 Å². The Morgan fingerprint density at radius 1 is 0.957 bits per heavy atom. The molecule has 1 aliphatic carbocycles. The number of likely N-dealkylation sites (tertiary alicyclic amines) is 2. The van der Waals surface area contributed by atoms with Crippen molar-refractivity contribution < 1.29 is 33.0 Å². The lowest BCUT2D eigenvalue weighted by atomic mass is 9.86. The molecule has 1 spiro atoms. The van der Waals surface area contributed by atoms with Gasteiger partial charge < -0.3 is 29.3 Å². The molecule has 5 saturated heterocycles. The van der Waals surface area contributed by atoms with Crippen LogP contribution in [0.2, 0.25) is 0 Å². The SMILES string of the molecule is CCc1c(F)ccc2cc(O)cc(-c3ncc4c(N5CCCC6(CCO6)C5)nc(OCC5(CN6CC(CN7CCC(c8ccc9c(C%10CCC(=O)NC%10=O)nn(C)c9c8)CC7)C6)CC5)nc4c3F)c12. The van der Waals surface area contributed by atoms with Crippen LogP contribution in [-0.2, 0) is 27.8 Å². The summed E-state index contributed by atoms with van der Waals surface area (Å²) in [6.07, 6.45) is 9.93. The molecular weight excluding hydrogens is 881 g/mol. The number of pyridine rings is 1. The van der Waals surface area contributed by atoms with Gasteiger partial charge >= 0.3 is 6.01 Å².